The molecule has 0 fully saturated rings. The molecular weight excluding hydrogens is 645 g/mol. The van der Waals surface area contributed by atoms with Gasteiger partial charge in [0, 0.05) is 49.4 Å². The number of aromatic nitrogens is 3. The highest BCUT2D eigenvalue weighted by Gasteiger charge is 2.18. The molecule has 53 heavy (non-hydrogen) atoms. The zero-order valence-corrected chi connectivity index (χ0v) is 28.6. The summed E-state index contributed by atoms with van der Waals surface area (Å²) in [5.41, 5.74) is 12.8. The average Bonchev–Trinajstić information content (AvgIpc) is 3.86. The predicted molar refractivity (Wildman–Crippen MR) is 220 cm³/mol. The molecule has 4 heteroatoms. The molecule has 0 bridgehead atoms. The molecule has 0 aliphatic carbocycles. The highest BCUT2D eigenvalue weighted by molar-refractivity contribution is 6.13. The molecule has 11 aromatic rings. The summed E-state index contributed by atoms with van der Waals surface area (Å²) in [4.78, 5) is 0. The molecule has 0 radical (unpaired) electrons. The minimum atomic E-state index is 0.616. The lowest BCUT2D eigenvalue weighted by atomic mass is 10.0. The first-order chi connectivity index (χ1) is 26.2. The van der Waals surface area contributed by atoms with Gasteiger partial charge in [0.25, 0.3) is 0 Å². The molecule has 0 amide bonds. The van der Waals surface area contributed by atoms with E-state index in [9.17, 15) is 5.26 Å². The van der Waals surface area contributed by atoms with Crippen LogP contribution in [-0.4, -0.2) is 13.7 Å². The lowest BCUT2D eigenvalue weighted by molar-refractivity contribution is 1.13. The van der Waals surface area contributed by atoms with Crippen LogP contribution in [0.2, 0.25) is 0 Å². The molecule has 246 valence electrons. The number of benzene rings is 8. The van der Waals surface area contributed by atoms with Crippen LogP contribution >= 0.6 is 0 Å². The second kappa shape index (κ2) is 11.3. The van der Waals surface area contributed by atoms with E-state index in [0.29, 0.717) is 5.56 Å². The van der Waals surface area contributed by atoms with E-state index in [1.54, 1.807) is 0 Å². The average molecular weight is 675 g/mol. The van der Waals surface area contributed by atoms with Gasteiger partial charge in [-0.3, -0.25) is 0 Å². The van der Waals surface area contributed by atoms with E-state index in [-0.39, 0.29) is 0 Å². The smallest absolute Gasteiger partial charge is 0.0993 e. The van der Waals surface area contributed by atoms with Gasteiger partial charge in [0.2, 0.25) is 0 Å². The topological polar surface area (TPSA) is 38.6 Å². The normalized spacial score (nSPS) is 11.8. The van der Waals surface area contributed by atoms with Gasteiger partial charge in [0.1, 0.15) is 0 Å². The van der Waals surface area contributed by atoms with Crippen molar-refractivity contribution in [2.75, 3.05) is 0 Å². The SMILES string of the molecule is N#Cc1cc(-n2c3ccccc3c3ccccc32)cc(-n2c3ccccc3c3cc(-c4ccc5c(c4)c4ccccc4n5-c4ccccc4)ccc32)c1. The van der Waals surface area contributed by atoms with Crippen LogP contribution in [0.1, 0.15) is 5.56 Å². The Kier molecular flexibility index (Phi) is 6.28. The number of para-hydroxylation sites is 5. The second-order valence-corrected chi connectivity index (χ2v) is 13.7. The number of nitrogens with zero attached hydrogens (tertiary/aromatic N) is 4. The number of rotatable bonds is 4. The molecule has 0 aliphatic heterocycles. The van der Waals surface area contributed by atoms with Crippen molar-refractivity contribution in [3.63, 3.8) is 0 Å². The van der Waals surface area contributed by atoms with E-state index in [1.807, 2.05) is 12.1 Å². The van der Waals surface area contributed by atoms with Crippen molar-refractivity contribution in [3.05, 3.63) is 188 Å². The number of hydrogen-bond acceptors (Lipinski definition) is 1. The van der Waals surface area contributed by atoms with Crippen molar-refractivity contribution < 1.29 is 0 Å². The minimum Gasteiger partial charge on any atom is -0.309 e. The zero-order valence-electron chi connectivity index (χ0n) is 28.6. The van der Waals surface area contributed by atoms with Crippen molar-refractivity contribution in [1.29, 1.82) is 5.26 Å². The van der Waals surface area contributed by atoms with Crippen LogP contribution in [0.4, 0.5) is 0 Å². The van der Waals surface area contributed by atoms with Gasteiger partial charge in [0.05, 0.1) is 44.7 Å². The molecule has 3 aromatic heterocycles. The van der Waals surface area contributed by atoms with E-state index in [4.69, 9.17) is 0 Å². The summed E-state index contributed by atoms with van der Waals surface area (Å²) in [6, 6.07) is 67.2. The Balaban J connectivity index is 1.11. The number of fused-ring (bicyclic) bond motifs is 9. The number of nitriles is 1. The molecule has 0 aliphatic rings. The van der Waals surface area contributed by atoms with Crippen molar-refractivity contribution in [2.45, 2.75) is 0 Å². The van der Waals surface area contributed by atoms with Crippen LogP contribution in [0.3, 0.4) is 0 Å². The third-order valence-electron chi connectivity index (χ3n) is 10.8. The van der Waals surface area contributed by atoms with Crippen molar-refractivity contribution in [1.82, 2.24) is 13.7 Å². The maximum atomic E-state index is 10.3. The highest BCUT2D eigenvalue weighted by atomic mass is 15.0. The third-order valence-corrected chi connectivity index (χ3v) is 10.8. The van der Waals surface area contributed by atoms with Gasteiger partial charge in [-0.2, -0.15) is 5.26 Å². The van der Waals surface area contributed by atoms with E-state index in [2.05, 4.69) is 190 Å². The summed E-state index contributed by atoms with van der Waals surface area (Å²) < 4.78 is 6.95. The Hall–Kier alpha value is -7.35. The lowest BCUT2D eigenvalue weighted by Gasteiger charge is -2.14. The third kappa shape index (κ3) is 4.35. The van der Waals surface area contributed by atoms with Gasteiger partial charge < -0.3 is 13.7 Å². The maximum Gasteiger partial charge on any atom is 0.0993 e. The first kappa shape index (κ1) is 29.4. The molecule has 0 spiro atoms. The summed E-state index contributed by atoms with van der Waals surface area (Å²) in [7, 11) is 0. The fraction of sp³-hybridized carbons (Fsp3) is 0. The molecule has 4 nitrogen and oxygen atoms in total. The van der Waals surface area contributed by atoms with Crippen molar-refractivity contribution in [3.8, 4) is 34.3 Å². The Morgan fingerprint density at radius 1 is 0.302 bits per heavy atom. The summed E-state index contributed by atoms with van der Waals surface area (Å²) in [5.74, 6) is 0. The molecule has 0 saturated heterocycles. The Morgan fingerprint density at radius 2 is 0.660 bits per heavy atom. The van der Waals surface area contributed by atoms with E-state index in [0.717, 1.165) is 44.7 Å². The zero-order chi connectivity index (χ0) is 35.0. The van der Waals surface area contributed by atoms with Crippen molar-refractivity contribution >= 4 is 65.4 Å². The summed E-state index contributed by atoms with van der Waals surface area (Å²) >= 11 is 0. The Bertz CT molecular complexity index is 3240. The predicted octanol–water partition coefficient (Wildman–Crippen LogP) is 12.5. The quantitative estimate of drug-likeness (QED) is 0.183. The van der Waals surface area contributed by atoms with Crippen LogP contribution in [-0.2, 0) is 0 Å². The summed E-state index contributed by atoms with van der Waals surface area (Å²) in [6.45, 7) is 0. The molecule has 11 rings (SSSR count). The van der Waals surface area contributed by atoms with Gasteiger partial charge in [-0.1, -0.05) is 103 Å². The van der Waals surface area contributed by atoms with Gasteiger partial charge in [0.15, 0.2) is 0 Å². The van der Waals surface area contributed by atoms with Crippen LogP contribution in [0.15, 0.2) is 182 Å². The van der Waals surface area contributed by atoms with Gasteiger partial charge in [-0.25, -0.2) is 0 Å². The standard InChI is InChI=1S/C49H30N4/c50-31-32-26-36(52-44-18-8-4-14-38(44)39-15-5-9-19-45(39)52)30-37(27-32)53-47-21-11-7-17-41(47)43-29-34(23-25-49(43)53)33-22-24-48-42(28-33)40-16-6-10-20-46(40)51(48)35-12-2-1-3-13-35/h1-30H. The van der Waals surface area contributed by atoms with E-state index in [1.165, 1.54) is 48.9 Å². The van der Waals surface area contributed by atoms with Crippen LogP contribution in [0, 0.1) is 11.3 Å². The molecule has 3 heterocycles. The van der Waals surface area contributed by atoms with Crippen LogP contribution in [0.5, 0.6) is 0 Å². The minimum absolute atomic E-state index is 0.616. The van der Waals surface area contributed by atoms with E-state index >= 15 is 0 Å². The maximum absolute atomic E-state index is 10.3. The molecule has 0 saturated carbocycles. The summed E-state index contributed by atoms with van der Waals surface area (Å²) in [5, 5.41) is 17.5. The summed E-state index contributed by atoms with van der Waals surface area (Å²) in [6.07, 6.45) is 0. The molecule has 0 N–H and O–H groups in total. The first-order valence-corrected chi connectivity index (χ1v) is 17.9. The second-order valence-electron chi connectivity index (χ2n) is 13.7. The lowest BCUT2D eigenvalue weighted by Crippen LogP contribution is -2.00. The Labute approximate surface area is 305 Å². The molecule has 0 unspecified atom stereocenters. The van der Waals surface area contributed by atoms with E-state index < -0.39 is 0 Å². The molecule has 8 aromatic carbocycles. The first-order valence-electron chi connectivity index (χ1n) is 17.9. The van der Waals surface area contributed by atoms with Crippen LogP contribution < -0.4 is 0 Å². The fourth-order valence-corrected chi connectivity index (χ4v) is 8.56. The highest BCUT2D eigenvalue weighted by Crippen LogP contribution is 2.39. The molecule has 0 atom stereocenters. The van der Waals surface area contributed by atoms with Gasteiger partial charge >= 0.3 is 0 Å². The van der Waals surface area contributed by atoms with Gasteiger partial charge in [-0.15, -0.1) is 0 Å². The van der Waals surface area contributed by atoms with Gasteiger partial charge in [-0.05, 0) is 90.0 Å². The van der Waals surface area contributed by atoms with Crippen molar-refractivity contribution in [2.24, 2.45) is 0 Å². The number of hydrogen-bond donors (Lipinski definition) is 0. The fourth-order valence-electron chi connectivity index (χ4n) is 8.56. The largest absolute Gasteiger partial charge is 0.309 e. The van der Waals surface area contributed by atoms with Crippen LogP contribution in [0.25, 0.3) is 93.6 Å². The Morgan fingerprint density at radius 3 is 1.09 bits per heavy atom. The molecular formula is C49H30N4. The monoisotopic (exact) mass is 674 g/mol.